The Morgan fingerprint density at radius 2 is 1.94 bits per heavy atom. The lowest BCUT2D eigenvalue weighted by Crippen LogP contribution is -2.45. The van der Waals surface area contributed by atoms with Crippen molar-refractivity contribution < 1.29 is 34.4 Å². The van der Waals surface area contributed by atoms with E-state index < -0.39 is 35.6 Å². The van der Waals surface area contributed by atoms with Gasteiger partial charge in [-0.25, -0.2) is 4.98 Å². The number of carbonyl (C=O) groups is 2. The van der Waals surface area contributed by atoms with Gasteiger partial charge >= 0.3 is 5.97 Å². The molecule has 1 aromatic heterocycles. The van der Waals surface area contributed by atoms with E-state index in [0.717, 1.165) is 24.3 Å². The van der Waals surface area contributed by atoms with Gasteiger partial charge in [-0.1, -0.05) is 34.1 Å². The number of ether oxygens (including phenoxy) is 2. The second-order valence-electron chi connectivity index (χ2n) is 10.6. The summed E-state index contributed by atoms with van der Waals surface area (Å²) in [6.45, 7) is 8.36. The zero-order valence-corrected chi connectivity index (χ0v) is 22.1. The van der Waals surface area contributed by atoms with Crippen LogP contribution in [0.1, 0.15) is 70.5 Å². The second-order valence-corrected chi connectivity index (χ2v) is 11.7. The lowest BCUT2D eigenvalue weighted by atomic mass is 9.73. The third-order valence-corrected chi connectivity index (χ3v) is 8.25. The van der Waals surface area contributed by atoms with Gasteiger partial charge in [0.1, 0.15) is 11.9 Å². The Kier molecular flexibility index (Phi) is 9.26. The van der Waals surface area contributed by atoms with E-state index >= 15 is 0 Å². The number of ketones is 1. The number of aryl methyl sites for hydroxylation is 1. The standard InChI is InChI=1S/C26H39NO7S/c1-14-7-6-8-19-21(33-19)10-20(17(12-28)9-18-13-35-16(3)27-18)34-23(30)11-22(29)26(4,5)25(32)15(2)24(14)31/h9,13-15,19-22,24,28-29,31H,6-8,10-12H2,1-5H3/b17-9+/t14-,15+,19+,20-,21-,22-,24+/m0/s1. The zero-order valence-electron chi connectivity index (χ0n) is 21.3. The molecule has 9 heteroatoms. The van der Waals surface area contributed by atoms with E-state index in [4.69, 9.17) is 9.47 Å². The van der Waals surface area contributed by atoms with E-state index in [1.807, 2.05) is 19.2 Å². The van der Waals surface area contributed by atoms with Crippen LogP contribution < -0.4 is 0 Å². The molecule has 8 nitrogen and oxygen atoms in total. The molecule has 0 aromatic carbocycles. The Labute approximate surface area is 211 Å². The number of fused-ring (bicyclic) bond motifs is 1. The third-order valence-electron chi connectivity index (χ3n) is 7.46. The fourth-order valence-electron chi connectivity index (χ4n) is 4.83. The molecule has 3 heterocycles. The number of nitrogens with zero attached hydrogens (tertiary/aromatic N) is 1. The van der Waals surface area contributed by atoms with Crippen LogP contribution in [0, 0.1) is 24.2 Å². The van der Waals surface area contributed by atoms with E-state index in [0.29, 0.717) is 17.7 Å². The number of carbonyl (C=O) groups excluding carboxylic acids is 2. The largest absolute Gasteiger partial charge is 0.458 e. The van der Waals surface area contributed by atoms with Gasteiger partial charge in [0.15, 0.2) is 0 Å². The van der Waals surface area contributed by atoms with E-state index in [1.165, 1.54) is 11.3 Å². The van der Waals surface area contributed by atoms with E-state index in [9.17, 15) is 24.9 Å². The minimum absolute atomic E-state index is 0.0264. The maximum Gasteiger partial charge on any atom is 0.309 e. The van der Waals surface area contributed by atoms with Gasteiger partial charge in [-0.2, -0.15) is 0 Å². The van der Waals surface area contributed by atoms with Gasteiger partial charge in [-0.15, -0.1) is 11.3 Å². The smallest absolute Gasteiger partial charge is 0.309 e. The SMILES string of the molecule is Cc1nc(/C=C(\CO)[C@@H]2C[C@@H]3O[C@@H]3CCC[C@H](C)[C@@H](O)[C@@H](C)C(=O)C(C)(C)[C@@H](O)CC(=O)O2)cs1. The number of rotatable bonds is 3. The molecule has 0 amide bonds. The Morgan fingerprint density at radius 1 is 1.23 bits per heavy atom. The average molecular weight is 510 g/mol. The Morgan fingerprint density at radius 3 is 2.57 bits per heavy atom. The minimum Gasteiger partial charge on any atom is -0.458 e. The van der Waals surface area contributed by atoms with Gasteiger partial charge in [-0.05, 0) is 37.3 Å². The summed E-state index contributed by atoms with van der Waals surface area (Å²) >= 11 is 1.49. The molecule has 2 saturated heterocycles. The molecule has 2 aliphatic rings. The first-order valence-electron chi connectivity index (χ1n) is 12.4. The number of aliphatic hydroxyl groups excluding tert-OH is 3. The van der Waals surface area contributed by atoms with Crippen LogP contribution in [0.5, 0.6) is 0 Å². The van der Waals surface area contributed by atoms with Crippen LogP contribution in [0.25, 0.3) is 6.08 Å². The van der Waals surface area contributed by atoms with Crippen molar-refractivity contribution in [2.24, 2.45) is 17.3 Å². The molecule has 3 N–H and O–H groups in total. The van der Waals surface area contributed by atoms with Crippen molar-refractivity contribution in [2.75, 3.05) is 6.61 Å². The lowest BCUT2D eigenvalue weighted by molar-refractivity contribution is -0.154. The molecule has 0 unspecified atom stereocenters. The van der Waals surface area contributed by atoms with Gasteiger partial charge in [0.2, 0.25) is 0 Å². The monoisotopic (exact) mass is 509 g/mol. The van der Waals surface area contributed by atoms with Crippen molar-refractivity contribution in [3.8, 4) is 0 Å². The zero-order chi connectivity index (χ0) is 25.9. The number of hydrogen-bond donors (Lipinski definition) is 3. The van der Waals surface area contributed by atoms with Crippen molar-refractivity contribution in [3.05, 3.63) is 21.7 Å². The number of epoxide rings is 1. The number of Topliss-reactive ketones (excluding diaryl/α,β-unsaturated/α-hetero) is 1. The minimum atomic E-state index is -1.28. The van der Waals surface area contributed by atoms with Crippen molar-refractivity contribution in [1.82, 2.24) is 4.98 Å². The molecule has 35 heavy (non-hydrogen) atoms. The van der Waals surface area contributed by atoms with Crippen molar-refractivity contribution in [2.45, 2.75) is 97.2 Å². The quantitative estimate of drug-likeness (QED) is 0.419. The summed E-state index contributed by atoms with van der Waals surface area (Å²) in [6.07, 6.45) is 1.20. The van der Waals surface area contributed by atoms with Gasteiger partial charge in [0.25, 0.3) is 0 Å². The predicted molar refractivity (Wildman–Crippen MR) is 133 cm³/mol. The molecule has 0 spiro atoms. The molecule has 2 aliphatic heterocycles. The highest BCUT2D eigenvalue weighted by molar-refractivity contribution is 7.09. The third kappa shape index (κ3) is 6.98. The Hall–Kier alpha value is -1.65. The van der Waals surface area contributed by atoms with Crippen LogP contribution >= 0.6 is 11.3 Å². The highest BCUT2D eigenvalue weighted by atomic mass is 32.1. The topological polar surface area (TPSA) is 129 Å². The summed E-state index contributed by atoms with van der Waals surface area (Å²) in [5.74, 6) is -1.72. The molecule has 3 rings (SSSR count). The van der Waals surface area contributed by atoms with Crippen LogP contribution in [0.2, 0.25) is 0 Å². The van der Waals surface area contributed by atoms with E-state index in [-0.39, 0.29) is 36.9 Å². The summed E-state index contributed by atoms with van der Waals surface area (Å²) in [5.41, 5.74) is -0.0556. The normalized spacial score (nSPS) is 35.3. The average Bonchev–Trinajstić information content (AvgIpc) is 3.41. The van der Waals surface area contributed by atoms with Gasteiger partial charge in [0.05, 0.1) is 53.6 Å². The summed E-state index contributed by atoms with van der Waals surface area (Å²) in [6, 6.07) is 0. The lowest BCUT2D eigenvalue weighted by Gasteiger charge is -2.34. The first kappa shape index (κ1) is 27.9. The molecule has 1 aromatic rings. The van der Waals surface area contributed by atoms with Crippen LogP contribution in [0.15, 0.2) is 11.0 Å². The van der Waals surface area contributed by atoms with E-state index in [1.54, 1.807) is 26.8 Å². The van der Waals surface area contributed by atoms with Gasteiger partial charge in [-0.3, -0.25) is 9.59 Å². The summed E-state index contributed by atoms with van der Waals surface area (Å²) in [5, 5.41) is 34.4. The molecule has 0 bridgehead atoms. The molecule has 0 aliphatic carbocycles. The highest BCUT2D eigenvalue weighted by Crippen LogP contribution is 2.36. The van der Waals surface area contributed by atoms with Gasteiger partial charge in [0, 0.05) is 17.7 Å². The fourth-order valence-corrected chi connectivity index (χ4v) is 5.40. The van der Waals surface area contributed by atoms with Crippen molar-refractivity contribution >= 4 is 29.2 Å². The molecule has 7 atom stereocenters. The predicted octanol–water partition coefficient (Wildman–Crippen LogP) is 3.06. The van der Waals surface area contributed by atoms with Crippen molar-refractivity contribution in [1.29, 1.82) is 0 Å². The number of thiazole rings is 1. The first-order valence-corrected chi connectivity index (χ1v) is 13.3. The molecule has 0 saturated carbocycles. The van der Waals surface area contributed by atoms with Crippen LogP contribution in [0.3, 0.4) is 0 Å². The number of cyclic esters (lactones) is 1. The maximum atomic E-state index is 13.2. The molecule has 196 valence electrons. The van der Waals surface area contributed by atoms with Crippen LogP contribution in [-0.4, -0.2) is 69.2 Å². The molecular formula is C26H39NO7S. The summed E-state index contributed by atoms with van der Waals surface area (Å²) in [7, 11) is 0. The number of hydrogen-bond acceptors (Lipinski definition) is 9. The van der Waals surface area contributed by atoms with Crippen molar-refractivity contribution in [3.63, 3.8) is 0 Å². The Balaban J connectivity index is 1.85. The Bertz CT molecular complexity index is 927. The van der Waals surface area contributed by atoms with E-state index in [2.05, 4.69) is 4.98 Å². The fraction of sp³-hybridized carbons (Fsp3) is 0.731. The van der Waals surface area contributed by atoms with Crippen LogP contribution in [0.4, 0.5) is 0 Å². The number of aromatic nitrogens is 1. The summed E-state index contributed by atoms with van der Waals surface area (Å²) < 4.78 is 11.6. The molecule has 2 fully saturated rings. The number of esters is 1. The van der Waals surface area contributed by atoms with Gasteiger partial charge < -0.3 is 24.8 Å². The van der Waals surface area contributed by atoms with Crippen LogP contribution in [-0.2, 0) is 19.1 Å². The maximum absolute atomic E-state index is 13.2. The first-order chi connectivity index (χ1) is 16.4. The highest BCUT2D eigenvalue weighted by Gasteiger charge is 2.44. The second kappa shape index (κ2) is 11.6. The summed E-state index contributed by atoms with van der Waals surface area (Å²) in [4.78, 5) is 30.5. The molecule has 0 radical (unpaired) electrons. The molecular weight excluding hydrogens is 470 g/mol. The number of aliphatic hydroxyl groups is 3.